The molecule has 0 unspecified atom stereocenters. The summed E-state index contributed by atoms with van der Waals surface area (Å²) in [5.74, 6) is 1.15. The van der Waals surface area contributed by atoms with Crippen LogP contribution in [-0.4, -0.2) is 38.3 Å². The van der Waals surface area contributed by atoms with Gasteiger partial charge in [-0.25, -0.2) is 9.37 Å². The molecule has 25 heavy (non-hydrogen) atoms. The van der Waals surface area contributed by atoms with Crippen LogP contribution in [0, 0.1) is 12.7 Å². The molecule has 130 valence electrons. The molecule has 2 aromatic carbocycles. The van der Waals surface area contributed by atoms with Crippen LogP contribution in [0.2, 0.25) is 0 Å². The van der Waals surface area contributed by atoms with E-state index in [0.29, 0.717) is 22.7 Å². The van der Waals surface area contributed by atoms with Gasteiger partial charge in [-0.3, -0.25) is 0 Å². The standard InChI is InChI=1S/C19H20FN3O2/c1-13-21-17-11-16(20)18(12-19(17)25-13)23-9-7-22(8-10-23)14-3-5-15(24-2)6-4-14/h3-6,11-12H,7-10H2,1-2H3. The number of halogens is 1. The third-order valence-corrected chi connectivity index (χ3v) is 4.62. The van der Waals surface area contributed by atoms with E-state index in [0.717, 1.165) is 37.6 Å². The Morgan fingerprint density at radius 3 is 2.40 bits per heavy atom. The highest BCUT2D eigenvalue weighted by Crippen LogP contribution is 2.28. The number of piperazine rings is 1. The van der Waals surface area contributed by atoms with Gasteiger partial charge in [-0.2, -0.15) is 0 Å². The van der Waals surface area contributed by atoms with Gasteiger partial charge in [0.2, 0.25) is 0 Å². The Morgan fingerprint density at radius 2 is 1.72 bits per heavy atom. The van der Waals surface area contributed by atoms with Gasteiger partial charge < -0.3 is 19.0 Å². The van der Waals surface area contributed by atoms with Crippen LogP contribution in [0.5, 0.6) is 5.75 Å². The van der Waals surface area contributed by atoms with E-state index >= 15 is 0 Å². The monoisotopic (exact) mass is 341 g/mol. The minimum absolute atomic E-state index is 0.251. The van der Waals surface area contributed by atoms with Crippen LogP contribution < -0.4 is 14.5 Å². The van der Waals surface area contributed by atoms with Gasteiger partial charge in [-0.1, -0.05) is 0 Å². The maximum absolute atomic E-state index is 14.5. The molecule has 1 saturated heterocycles. The fourth-order valence-corrected chi connectivity index (χ4v) is 3.29. The fraction of sp³-hybridized carbons (Fsp3) is 0.316. The molecule has 5 nitrogen and oxygen atoms in total. The SMILES string of the molecule is COc1ccc(N2CCN(c3cc4oc(C)nc4cc3F)CC2)cc1. The molecule has 0 aliphatic carbocycles. The van der Waals surface area contributed by atoms with Crippen LogP contribution in [0.3, 0.4) is 0 Å². The van der Waals surface area contributed by atoms with Crippen LogP contribution >= 0.6 is 0 Å². The molecule has 0 bridgehead atoms. The quantitative estimate of drug-likeness (QED) is 0.728. The molecule has 6 heteroatoms. The zero-order valence-corrected chi connectivity index (χ0v) is 14.3. The molecule has 0 radical (unpaired) electrons. The molecule has 4 rings (SSSR count). The van der Waals surface area contributed by atoms with Gasteiger partial charge in [0, 0.05) is 50.9 Å². The van der Waals surface area contributed by atoms with Crippen LogP contribution in [0.25, 0.3) is 11.1 Å². The zero-order chi connectivity index (χ0) is 17.4. The van der Waals surface area contributed by atoms with Crippen molar-refractivity contribution < 1.29 is 13.5 Å². The normalized spacial score (nSPS) is 15.0. The van der Waals surface area contributed by atoms with Crippen molar-refractivity contribution in [2.45, 2.75) is 6.92 Å². The molecule has 1 fully saturated rings. The smallest absolute Gasteiger partial charge is 0.192 e. The van der Waals surface area contributed by atoms with Crippen LogP contribution in [-0.2, 0) is 0 Å². The predicted octanol–water partition coefficient (Wildman–Crippen LogP) is 3.61. The number of rotatable bonds is 3. The summed E-state index contributed by atoms with van der Waals surface area (Å²) < 4.78 is 25.2. The summed E-state index contributed by atoms with van der Waals surface area (Å²) in [6.45, 7) is 4.94. The van der Waals surface area contributed by atoms with Gasteiger partial charge in [0.05, 0.1) is 12.8 Å². The average molecular weight is 341 g/mol. The van der Waals surface area contributed by atoms with E-state index in [1.54, 1.807) is 20.1 Å². The van der Waals surface area contributed by atoms with Crippen LogP contribution in [0.4, 0.5) is 15.8 Å². The topological polar surface area (TPSA) is 41.7 Å². The Balaban J connectivity index is 1.50. The van der Waals surface area contributed by atoms with Crippen molar-refractivity contribution in [2.75, 3.05) is 43.1 Å². The lowest BCUT2D eigenvalue weighted by Gasteiger charge is -2.37. The molecule has 0 spiro atoms. The molecule has 0 saturated carbocycles. The minimum atomic E-state index is -0.251. The molecule has 0 N–H and O–H groups in total. The molecule has 1 aromatic heterocycles. The number of methoxy groups -OCH3 is 1. The number of anilines is 2. The average Bonchev–Trinajstić information content (AvgIpc) is 3.00. The van der Waals surface area contributed by atoms with E-state index in [4.69, 9.17) is 9.15 Å². The number of aromatic nitrogens is 1. The number of oxazole rings is 1. The van der Waals surface area contributed by atoms with Gasteiger partial charge in [-0.05, 0) is 24.3 Å². The number of hydrogen-bond acceptors (Lipinski definition) is 5. The third kappa shape index (κ3) is 2.99. The molecule has 0 atom stereocenters. The lowest BCUT2D eigenvalue weighted by atomic mass is 10.2. The van der Waals surface area contributed by atoms with E-state index in [1.807, 2.05) is 12.1 Å². The highest BCUT2D eigenvalue weighted by Gasteiger charge is 2.21. The molecule has 1 aliphatic heterocycles. The first-order valence-corrected chi connectivity index (χ1v) is 8.35. The van der Waals surface area contributed by atoms with Crippen molar-refractivity contribution in [3.63, 3.8) is 0 Å². The van der Waals surface area contributed by atoms with Crippen molar-refractivity contribution in [1.82, 2.24) is 4.98 Å². The molecule has 1 aliphatic rings. The first-order chi connectivity index (χ1) is 12.1. The Morgan fingerprint density at radius 1 is 1.04 bits per heavy atom. The second-order valence-electron chi connectivity index (χ2n) is 6.18. The van der Waals surface area contributed by atoms with Crippen molar-refractivity contribution >= 4 is 22.5 Å². The predicted molar refractivity (Wildman–Crippen MR) is 96.1 cm³/mol. The Labute approximate surface area is 145 Å². The fourth-order valence-electron chi connectivity index (χ4n) is 3.29. The Hall–Kier alpha value is -2.76. The molecule has 2 heterocycles. The number of hydrogen-bond donors (Lipinski definition) is 0. The van der Waals surface area contributed by atoms with E-state index in [-0.39, 0.29) is 5.82 Å². The Kier molecular flexibility index (Phi) is 3.95. The zero-order valence-electron chi connectivity index (χ0n) is 14.3. The number of benzene rings is 2. The molecular weight excluding hydrogens is 321 g/mol. The molecular formula is C19H20FN3O2. The summed E-state index contributed by atoms with van der Waals surface area (Å²) in [6.07, 6.45) is 0. The van der Waals surface area contributed by atoms with Crippen molar-refractivity contribution in [3.05, 3.63) is 48.1 Å². The van der Waals surface area contributed by atoms with Crippen molar-refractivity contribution in [3.8, 4) is 5.75 Å². The highest BCUT2D eigenvalue weighted by atomic mass is 19.1. The van der Waals surface area contributed by atoms with Gasteiger partial charge >= 0.3 is 0 Å². The Bertz CT molecular complexity index is 884. The molecule has 0 amide bonds. The maximum Gasteiger partial charge on any atom is 0.192 e. The summed E-state index contributed by atoms with van der Waals surface area (Å²) in [5, 5.41) is 0. The van der Waals surface area contributed by atoms with Crippen LogP contribution in [0.15, 0.2) is 40.8 Å². The first kappa shape index (κ1) is 15.7. The van der Waals surface area contributed by atoms with Gasteiger partial charge in [0.25, 0.3) is 0 Å². The maximum atomic E-state index is 14.5. The number of fused-ring (bicyclic) bond motifs is 1. The van der Waals surface area contributed by atoms with Crippen molar-refractivity contribution in [2.24, 2.45) is 0 Å². The van der Waals surface area contributed by atoms with Gasteiger partial charge in [0.15, 0.2) is 11.5 Å². The highest BCUT2D eigenvalue weighted by molar-refractivity contribution is 5.78. The van der Waals surface area contributed by atoms with Gasteiger partial charge in [0.1, 0.15) is 17.1 Å². The lowest BCUT2D eigenvalue weighted by Crippen LogP contribution is -2.46. The lowest BCUT2D eigenvalue weighted by molar-refractivity contribution is 0.415. The van der Waals surface area contributed by atoms with Gasteiger partial charge in [-0.15, -0.1) is 0 Å². The van der Waals surface area contributed by atoms with E-state index < -0.39 is 0 Å². The molecule has 3 aromatic rings. The minimum Gasteiger partial charge on any atom is -0.497 e. The summed E-state index contributed by atoms with van der Waals surface area (Å²) in [7, 11) is 1.66. The first-order valence-electron chi connectivity index (χ1n) is 8.35. The second-order valence-corrected chi connectivity index (χ2v) is 6.18. The summed E-state index contributed by atoms with van der Waals surface area (Å²) in [5.41, 5.74) is 2.93. The van der Waals surface area contributed by atoms with E-state index in [2.05, 4.69) is 26.9 Å². The van der Waals surface area contributed by atoms with Crippen LogP contribution in [0.1, 0.15) is 5.89 Å². The van der Waals surface area contributed by atoms with Crippen molar-refractivity contribution in [1.29, 1.82) is 0 Å². The number of nitrogens with zero attached hydrogens (tertiary/aromatic N) is 3. The summed E-state index contributed by atoms with van der Waals surface area (Å²) >= 11 is 0. The largest absolute Gasteiger partial charge is 0.497 e. The third-order valence-electron chi connectivity index (χ3n) is 4.62. The van der Waals surface area contributed by atoms with E-state index in [1.165, 1.54) is 6.07 Å². The number of ether oxygens (including phenoxy) is 1. The summed E-state index contributed by atoms with van der Waals surface area (Å²) in [6, 6.07) is 11.2. The van der Waals surface area contributed by atoms with E-state index in [9.17, 15) is 4.39 Å². The summed E-state index contributed by atoms with van der Waals surface area (Å²) in [4.78, 5) is 8.54. The number of aryl methyl sites for hydroxylation is 1. The second kappa shape index (κ2) is 6.27.